The second-order valence-corrected chi connectivity index (χ2v) is 5.64. The quantitative estimate of drug-likeness (QED) is 0.828. The summed E-state index contributed by atoms with van der Waals surface area (Å²) in [5.41, 5.74) is 2.99. The van der Waals surface area contributed by atoms with E-state index in [9.17, 15) is 0 Å². The van der Waals surface area contributed by atoms with Gasteiger partial charge in [-0.3, -0.25) is 4.68 Å². The lowest BCUT2D eigenvalue weighted by molar-refractivity contribution is 0.293. The highest BCUT2D eigenvalue weighted by Gasteiger charge is 2.13. The zero-order valence-electron chi connectivity index (χ0n) is 11.2. The summed E-state index contributed by atoms with van der Waals surface area (Å²) in [6.45, 7) is 4.49. The molecule has 2 rings (SSSR count). The van der Waals surface area contributed by atoms with Crippen LogP contribution in [0.25, 0.3) is 0 Å². The molecule has 0 atom stereocenters. The van der Waals surface area contributed by atoms with Gasteiger partial charge >= 0.3 is 0 Å². The lowest BCUT2D eigenvalue weighted by atomic mass is 10.2. The zero-order chi connectivity index (χ0) is 14.0. The fraction of sp³-hybridized carbons (Fsp3) is 0.357. The normalized spacial score (nSPS) is 10.8. The van der Waals surface area contributed by atoms with E-state index in [-0.39, 0.29) is 0 Å². The van der Waals surface area contributed by atoms with Gasteiger partial charge in [0, 0.05) is 7.05 Å². The molecule has 0 aliphatic rings. The van der Waals surface area contributed by atoms with Gasteiger partial charge in [-0.1, -0.05) is 24.6 Å². The first kappa shape index (κ1) is 14.4. The van der Waals surface area contributed by atoms with Gasteiger partial charge in [0.1, 0.15) is 12.4 Å². The van der Waals surface area contributed by atoms with Crippen molar-refractivity contribution in [2.45, 2.75) is 26.9 Å². The number of benzene rings is 1. The maximum Gasteiger partial charge on any atom is 0.134 e. The van der Waals surface area contributed by atoms with Crippen LogP contribution in [0.4, 0.5) is 0 Å². The minimum absolute atomic E-state index is 0.407. The van der Waals surface area contributed by atoms with Crippen molar-refractivity contribution in [3.05, 3.63) is 44.6 Å². The van der Waals surface area contributed by atoms with E-state index in [0.717, 1.165) is 28.0 Å². The first-order valence-electron chi connectivity index (χ1n) is 6.12. The molecular formula is C14H16BrClN2O. The highest BCUT2D eigenvalue weighted by Crippen LogP contribution is 2.28. The van der Waals surface area contributed by atoms with Gasteiger partial charge in [0.15, 0.2) is 0 Å². The minimum Gasteiger partial charge on any atom is -0.486 e. The molecule has 0 N–H and O–H groups in total. The maximum absolute atomic E-state index is 6.29. The summed E-state index contributed by atoms with van der Waals surface area (Å²) in [5.74, 6) is 0.806. The molecule has 1 heterocycles. The number of aryl methyl sites for hydroxylation is 3. The van der Waals surface area contributed by atoms with Crippen LogP contribution in [0.15, 0.2) is 22.7 Å². The smallest absolute Gasteiger partial charge is 0.134 e. The highest BCUT2D eigenvalue weighted by atomic mass is 79.9. The molecule has 3 nitrogen and oxygen atoms in total. The number of hydrogen-bond acceptors (Lipinski definition) is 2. The Bertz CT molecular complexity index is 595. The molecule has 0 saturated carbocycles. The summed E-state index contributed by atoms with van der Waals surface area (Å²) < 4.78 is 8.53. The molecule has 0 aliphatic carbocycles. The molecule has 0 fully saturated rings. The van der Waals surface area contributed by atoms with Crippen LogP contribution in [0.1, 0.15) is 23.9 Å². The molecular weight excluding hydrogens is 328 g/mol. The monoisotopic (exact) mass is 342 g/mol. The average Bonchev–Trinajstić information content (AvgIpc) is 2.64. The number of rotatable bonds is 4. The van der Waals surface area contributed by atoms with Crippen molar-refractivity contribution in [2.75, 3.05) is 0 Å². The van der Waals surface area contributed by atoms with E-state index in [0.29, 0.717) is 11.6 Å². The SMILES string of the molecule is CCc1nn(C)c(COc2ccc(C)cc2Br)c1Cl. The molecule has 0 spiro atoms. The Morgan fingerprint density at radius 2 is 2.16 bits per heavy atom. The van der Waals surface area contributed by atoms with Crippen LogP contribution in [-0.2, 0) is 20.1 Å². The zero-order valence-corrected chi connectivity index (χ0v) is 13.5. The summed E-state index contributed by atoms with van der Waals surface area (Å²) in [4.78, 5) is 0. The van der Waals surface area contributed by atoms with Crippen molar-refractivity contribution in [1.82, 2.24) is 9.78 Å². The van der Waals surface area contributed by atoms with Gasteiger partial charge in [-0.2, -0.15) is 5.10 Å². The fourth-order valence-corrected chi connectivity index (χ4v) is 2.80. The van der Waals surface area contributed by atoms with E-state index in [1.807, 2.05) is 39.1 Å². The fourth-order valence-electron chi connectivity index (χ4n) is 1.85. The van der Waals surface area contributed by atoms with Crippen LogP contribution in [0.3, 0.4) is 0 Å². The van der Waals surface area contributed by atoms with Gasteiger partial charge < -0.3 is 4.74 Å². The van der Waals surface area contributed by atoms with Crippen molar-refractivity contribution >= 4 is 27.5 Å². The van der Waals surface area contributed by atoms with Gasteiger partial charge in [-0.05, 0) is 47.0 Å². The molecule has 2 aromatic rings. The Morgan fingerprint density at radius 1 is 1.42 bits per heavy atom. The molecule has 1 aromatic heterocycles. The molecule has 0 saturated heterocycles. The molecule has 5 heteroatoms. The Hall–Kier alpha value is -1.000. The van der Waals surface area contributed by atoms with Crippen molar-refractivity contribution < 1.29 is 4.74 Å². The number of ether oxygens (including phenoxy) is 1. The van der Waals surface area contributed by atoms with Crippen LogP contribution in [-0.4, -0.2) is 9.78 Å². The summed E-state index contributed by atoms with van der Waals surface area (Å²) in [6.07, 6.45) is 0.820. The molecule has 0 unspecified atom stereocenters. The highest BCUT2D eigenvalue weighted by molar-refractivity contribution is 9.10. The molecule has 1 aromatic carbocycles. The van der Waals surface area contributed by atoms with Crippen molar-refractivity contribution in [1.29, 1.82) is 0 Å². The number of hydrogen-bond donors (Lipinski definition) is 0. The third kappa shape index (κ3) is 3.12. The summed E-state index contributed by atoms with van der Waals surface area (Å²) >= 11 is 9.78. The van der Waals surface area contributed by atoms with E-state index in [2.05, 4.69) is 21.0 Å². The molecule has 0 amide bonds. The Kier molecular flexibility index (Phi) is 4.53. The Balaban J connectivity index is 2.16. The van der Waals surface area contributed by atoms with Crippen molar-refractivity contribution in [3.8, 4) is 5.75 Å². The topological polar surface area (TPSA) is 27.1 Å². The van der Waals surface area contributed by atoms with Crippen molar-refractivity contribution in [2.24, 2.45) is 7.05 Å². The van der Waals surface area contributed by atoms with Gasteiger partial charge in [0.05, 0.1) is 20.9 Å². The van der Waals surface area contributed by atoms with E-state index < -0.39 is 0 Å². The van der Waals surface area contributed by atoms with Crippen LogP contribution in [0.2, 0.25) is 5.02 Å². The predicted molar refractivity (Wildman–Crippen MR) is 80.8 cm³/mol. The van der Waals surface area contributed by atoms with Gasteiger partial charge in [-0.25, -0.2) is 0 Å². The lowest BCUT2D eigenvalue weighted by Crippen LogP contribution is -2.04. The van der Waals surface area contributed by atoms with Crippen LogP contribution < -0.4 is 4.74 Å². The molecule has 0 aliphatic heterocycles. The van der Waals surface area contributed by atoms with E-state index in [4.69, 9.17) is 16.3 Å². The number of aromatic nitrogens is 2. The van der Waals surface area contributed by atoms with E-state index in [1.54, 1.807) is 4.68 Å². The predicted octanol–water partition coefficient (Wildman–Crippen LogP) is 4.29. The second-order valence-electron chi connectivity index (χ2n) is 4.41. The van der Waals surface area contributed by atoms with E-state index >= 15 is 0 Å². The number of nitrogens with zero attached hydrogens (tertiary/aromatic N) is 2. The lowest BCUT2D eigenvalue weighted by Gasteiger charge is -2.09. The van der Waals surface area contributed by atoms with Crippen LogP contribution >= 0.6 is 27.5 Å². The summed E-state index contributed by atoms with van der Waals surface area (Å²) in [6, 6.07) is 5.99. The first-order valence-corrected chi connectivity index (χ1v) is 7.29. The van der Waals surface area contributed by atoms with Crippen LogP contribution in [0, 0.1) is 6.92 Å². The minimum atomic E-state index is 0.407. The standard InChI is InChI=1S/C14H16BrClN2O/c1-4-11-14(16)12(18(3)17-11)8-19-13-6-5-9(2)7-10(13)15/h5-7H,4,8H2,1-3H3. The average molecular weight is 344 g/mol. The maximum atomic E-state index is 6.29. The van der Waals surface area contributed by atoms with E-state index in [1.165, 1.54) is 5.56 Å². The van der Waals surface area contributed by atoms with Gasteiger partial charge in [0.2, 0.25) is 0 Å². The van der Waals surface area contributed by atoms with Gasteiger partial charge in [0.25, 0.3) is 0 Å². The van der Waals surface area contributed by atoms with Gasteiger partial charge in [-0.15, -0.1) is 0 Å². The summed E-state index contributed by atoms with van der Waals surface area (Å²) in [7, 11) is 1.88. The largest absolute Gasteiger partial charge is 0.486 e. The summed E-state index contributed by atoms with van der Waals surface area (Å²) in [5, 5.41) is 5.07. The Labute approximate surface area is 126 Å². The van der Waals surface area contributed by atoms with Crippen molar-refractivity contribution in [3.63, 3.8) is 0 Å². The first-order chi connectivity index (χ1) is 9.02. The third-order valence-corrected chi connectivity index (χ3v) is 4.01. The second kappa shape index (κ2) is 5.97. The molecule has 0 radical (unpaired) electrons. The molecule has 19 heavy (non-hydrogen) atoms. The van der Waals surface area contributed by atoms with Crippen LogP contribution in [0.5, 0.6) is 5.75 Å². The molecule has 0 bridgehead atoms. The Morgan fingerprint density at radius 3 is 2.74 bits per heavy atom. The number of halogens is 2. The molecule has 102 valence electrons. The third-order valence-electron chi connectivity index (χ3n) is 2.95.